The SMILES string of the molecule is COc1ccc(N=Nc2ccc3ccccc3c2)cc1C. The Hall–Kier alpha value is -2.68. The maximum absolute atomic E-state index is 5.24. The molecule has 0 saturated heterocycles. The van der Waals surface area contributed by atoms with Crippen LogP contribution >= 0.6 is 0 Å². The van der Waals surface area contributed by atoms with Gasteiger partial charge in [-0.15, -0.1) is 0 Å². The molecular weight excluding hydrogens is 260 g/mol. The summed E-state index contributed by atoms with van der Waals surface area (Å²) in [5.41, 5.74) is 2.72. The molecule has 0 aliphatic heterocycles. The van der Waals surface area contributed by atoms with Crippen LogP contribution in [0.15, 0.2) is 70.9 Å². The lowest BCUT2D eigenvalue weighted by molar-refractivity contribution is 0.412. The third kappa shape index (κ3) is 2.92. The van der Waals surface area contributed by atoms with E-state index in [1.807, 2.05) is 49.4 Å². The molecular formula is C18H16N2O. The first-order chi connectivity index (χ1) is 10.3. The number of fused-ring (bicyclic) bond motifs is 1. The van der Waals surface area contributed by atoms with E-state index < -0.39 is 0 Å². The van der Waals surface area contributed by atoms with Crippen molar-refractivity contribution in [1.29, 1.82) is 0 Å². The highest BCUT2D eigenvalue weighted by molar-refractivity contribution is 5.85. The monoisotopic (exact) mass is 276 g/mol. The fourth-order valence-electron chi connectivity index (χ4n) is 2.28. The van der Waals surface area contributed by atoms with Gasteiger partial charge in [-0.25, -0.2) is 0 Å². The second kappa shape index (κ2) is 5.75. The van der Waals surface area contributed by atoms with Crippen molar-refractivity contribution in [3.05, 3.63) is 66.2 Å². The Morgan fingerprint density at radius 2 is 1.43 bits per heavy atom. The van der Waals surface area contributed by atoms with Crippen LogP contribution in [-0.2, 0) is 0 Å². The number of nitrogens with zero attached hydrogens (tertiary/aromatic N) is 2. The summed E-state index contributed by atoms with van der Waals surface area (Å²) in [4.78, 5) is 0. The molecule has 3 rings (SSSR count). The molecule has 0 heterocycles. The van der Waals surface area contributed by atoms with Gasteiger partial charge < -0.3 is 4.74 Å². The molecule has 3 aromatic carbocycles. The number of methoxy groups -OCH3 is 1. The lowest BCUT2D eigenvalue weighted by Gasteiger charge is -2.04. The molecule has 0 aromatic heterocycles. The topological polar surface area (TPSA) is 34.0 Å². The minimum absolute atomic E-state index is 0.821. The minimum atomic E-state index is 0.821. The van der Waals surface area contributed by atoms with Crippen molar-refractivity contribution < 1.29 is 4.74 Å². The molecule has 0 atom stereocenters. The largest absolute Gasteiger partial charge is 0.496 e. The fourth-order valence-corrected chi connectivity index (χ4v) is 2.28. The van der Waals surface area contributed by atoms with Crippen molar-refractivity contribution >= 4 is 22.1 Å². The predicted molar refractivity (Wildman–Crippen MR) is 85.9 cm³/mol. The molecule has 3 heteroatoms. The maximum atomic E-state index is 5.24. The lowest BCUT2D eigenvalue weighted by Crippen LogP contribution is -1.85. The Morgan fingerprint density at radius 1 is 0.762 bits per heavy atom. The molecule has 0 fully saturated rings. The summed E-state index contributed by atoms with van der Waals surface area (Å²) in [6, 6.07) is 20.1. The van der Waals surface area contributed by atoms with Crippen LogP contribution in [0.4, 0.5) is 11.4 Å². The van der Waals surface area contributed by atoms with Crippen LogP contribution in [0.1, 0.15) is 5.56 Å². The van der Waals surface area contributed by atoms with E-state index >= 15 is 0 Å². The van der Waals surface area contributed by atoms with Gasteiger partial charge >= 0.3 is 0 Å². The van der Waals surface area contributed by atoms with Crippen molar-refractivity contribution in [2.24, 2.45) is 10.2 Å². The summed E-state index contributed by atoms with van der Waals surface area (Å²) in [6.07, 6.45) is 0. The average molecular weight is 276 g/mol. The van der Waals surface area contributed by atoms with Crippen molar-refractivity contribution in [1.82, 2.24) is 0 Å². The third-order valence-corrected chi connectivity index (χ3v) is 3.39. The van der Waals surface area contributed by atoms with E-state index in [1.54, 1.807) is 7.11 Å². The molecule has 3 nitrogen and oxygen atoms in total. The second-order valence-corrected chi connectivity index (χ2v) is 4.89. The van der Waals surface area contributed by atoms with Crippen LogP contribution in [-0.4, -0.2) is 7.11 Å². The summed E-state index contributed by atoms with van der Waals surface area (Å²) in [7, 11) is 1.67. The number of aryl methyl sites for hydroxylation is 1. The number of hydrogen-bond acceptors (Lipinski definition) is 3. The van der Waals surface area contributed by atoms with E-state index in [0.717, 1.165) is 22.7 Å². The van der Waals surface area contributed by atoms with E-state index in [-0.39, 0.29) is 0 Å². The summed E-state index contributed by atoms with van der Waals surface area (Å²) in [6.45, 7) is 1.99. The highest BCUT2D eigenvalue weighted by Crippen LogP contribution is 2.26. The summed E-state index contributed by atoms with van der Waals surface area (Å²) >= 11 is 0. The van der Waals surface area contributed by atoms with Crippen LogP contribution in [0.3, 0.4) is 0 Å². The lowest BCUT2D eigenvalue weighted by atomic mass is 10.1. The summed E-state index contributed by atoms with van der Waals surface area (Å²) in [5.74, 6) is 0.861. The van der Waals surface area contributed by atoms with E-state index in [2.05, 4.69) is 28.4 Å². The molecule has 0 bridgehead atoms. The minimum Gasteiger partial charge on any atom is -0.496 e. The molecule has 104 valence electrons. The molecule has 0 amide bonds. The van der Waals surface area contributed by atoms with Gasteiger partial charge in [0.1, 0.15) is 5.75 Å². The Morgan fingerprint density at radius 3 is 2.14 bits per heavy atom. The molecule has 0 N–H and O–H groups in total. The van der Waals surface area contributed by atoms with Crippen molar-refractivity contribution in [2.45, 2.75) is 6.92 Å². The van der Waals surface area contributed by atoms with Gasteiger partial charge in [0.2, 0.25) is 0 Å². The number of azo groups is 1. The smallest absolute Gasteiger partial charge is 0.121 e. The van der Waals surface area contributed by atoms with E-state index in [0.29, 0.717) is 0 Å². The van der Waals surface area contributed by atoms with Crippen molar-refractivity contribution in [3.63, 3.8) is 0 Å². The second-order valence-electron chi connectivity index (χ2n) is 4.89. The molecule has 3 aromatic rings. The Bertz CT molecular complexity index is 809. The van der Waals surface area contributed by atoms with Crippen LogP contribution in [0, 0.1) is 6.92 Å². The molecule has 0 aliphatic rings. The first-order valence-corrected chi connectivity index (χ1v) is 6.81. The van der Waals surface area contributed by atoms with Crippen LogP contribution in [0.5, 0.6) is 5.75 Å². The van der Waals surface area contributed by atoms with Gasteiger partial charge in [0, 0.05) is 0 Å². The molecule has 0 radical (unpaired) electrons. The number of rotatable bonds is 3. The zero-order valence-corrected chi connectivity index (χ0v) is 12.1. The number of benzene rings is 3. The van der Waals surface area contributed by atoms with Gasteiger partial charge in [0.15, 0.2) is 0 Å². The van der Waals surface area contributed by atoms with Gasteiger partial charge in [-0.3, -0.25) is 0 Å². The van der Waals surface area contributed by atoms with Gasteiger partial charge in [-0.05, 0) is 53.6 Å². The number of hydrogen-bond donors (Lipinski definition) is 0. The third-order valence-electron chi connectivity index (χ3n) is 3.39. The standard InChI is InChI=1S/C18H16N2O/c1-13-11-16(9-10-18(13)21-2)19-20-17-8-7-14-5-3-4-6-15(14)12-17/h3-12H,1-2H3. The zero-order chi connectivity index (χ0) is 14.7. The summed E-state index contributed by atoms with van der Waals surface area (Å²) < 4.78 is 5.24. The molecule has 0 aliphatic carbocycles. The quantitative estimate of drug-likeness (QED) is 0.575. The predicted octanol–water partition coefficient (Wildman–Crippen LogP) is 5.57. The van der Waals surface area contributed by atoms with E-state index in [9.17, 15) is 0 Å². The highest BCUT2D eigenvalue weighted by Gasteiger charge is 1.99. The fraction of sp³-hybridized carbons (Fsp3) is 0.111. The normalized spacial score (nSPS) is 11.1. The van der Waals surface area contributed by atoms with Gasteiger partial charge in [-0.2, -0.15) is 10.2 Å². The average Bonchev–Trinajstić information content (AvgIpc) is 2.53. The first kappa shape index (κ1) is 13.3. The van der Waals surface area contributed by atoms with Gasteiger partial charge in [-0.1, -0.05) is 30.3 Å². The highest BCUT2D eigenvalue weighted by atomic mass is 16.5. The van der Waals surface area contributed by atoms with Crippen LogP contribution in [0.25, 0.3) is 10.8 Å². The van der Waals surface area contributed by atoms with E-state index in [4.69, 9.17) is 4.74 Å². The Labute approximate surface area is 123 Å². The van der Waals surface area contributed by atoms with Crippen LogP contribution < -0.4 is 4.74 Å². The first-order valence-electron chi connectivity index (χ1n) is 6.81. The molecule has 0 spiro atoms. The molecule has 0 saturated carbocycles. The maximum Gasteiger partial charge on any atom is 0.121 e. The zero-order valence-electron chi connectivity index (χ0n) is 12.1. The van der Waals surface area contributed by atoms with Gasteiger partial charge in [0.25, 0.3) is 0 Å². The van der Waals surface area contributed by atoms with Crippen molar-refractivity contribution in [2.75, 3.05) is 7.11 Å². The Balaban J connectivity index is 1.88. The van der Waals surface area contributed by atoms with E-state index in [1.165, 1.54) is 10.8 Å². The molecule has 21 heavy (non-hydrogen) atoms. The van der Waals surface area contributed by atoms with Crippen LogP contribution in [0.2, 0.25) is 0 Å². The Kier molecular flexibility index (Phi) is 3.65. The van der Waals surface area contributed by atoms with Crippen molar-refractivity contribution in [3.8, 4) is 5.75 Å². The number of ether oxygens (including phenoxy) is 1. The molecule has 0 unspecified atom stereocenters. The summed E-state index contributed by atoms with van der Waals surface area (Å²) in [5, 5.41) is 11.0. The van der Waals surface area contributed by atoms with Gasteiger partial charge in [0.05, 0.1) is 18.5 Å².